The van der Waals surface area contributed by atoms with Crippen molar-refractivity contribution in [1.29, 1.82) is 0 Å². The van der Waals surface area contributed by atoms with Gasteiger partial charge in [0.1, 0.15) is 0 Å². The third kappa shape index (κ3) is 3.03. The summed E-state index contributed by atoms with van der Waals surface area (Å²) in [5.74, 6) is 0.841. The van der Waals surface area contributed by atoms with E-state index in [9.17, 15) is 5.11 Å². The van der Waals surface area contributed by atoms with Crippen LogP contribution in [0.4, 0.5) is 0 Å². The molecule has 1 saturated carbocycles. The van der Waals surface area contributed by atoms with Crippen molar-refractivity contribution < 1.29 is 9.84 Å². The molecule has 0 amide bonds. The average Bonchev–Trinajstić information content (AvgIpc) is 2.46. The molecule has 0 radical (unpaired) electrons. The van der Waals surface area contributed by atoms with E-state index in [0.717, 1.165) is 24.0 Å². The second-order valence-electron chi connectivity index (χ2n) is 7.37. The van der Waals surface area contributed by atoms with E-state index in [4.69, 9.17) is 10.5 Å². The first-order valence-electron chi connectivity index (χ1n) is 7.96. The van der Waals surface area contributed by atoms with Gasteiger partial charge in [-0.25, -0.2) is 0 Å². The van der Waals surface area contributed by atoms with E-state index in [1.165, 1.54) is 19.3 Å². The summed E-state index contributed by atoms with van der Waals surface area (Å²) in [7, 11) is 1.63. The Labute approximate surface area is 128 Å². The lowest BCUT2D eigenvalue weighted by Gasteiger charge is -2.38. The Bertz CT molecular complexity index is 497. The molecule has 1 aromatic rings. The molecule has 3 N–H and O–H groups in total. The fourth-order valence-corrected chi connectivity index (χ4v) is 3.47. The molecule has 0 bridgehead atoms. The summed E-state index contributed by atoms with van der Waals surface area (Å²) in [4.78, 5) is 0. The van der Waals surface area contributed by atoms with Crippen LogP contribution >= 0.6 is 0 Å². The number of ether oxygens (including phenoxy) is 1. The quantitative estimate of drug-likeness (QED) is 0.889. The van der Waals surface area contributed by atoms with E-state index >= 15 is 0 Å². The van der Waals surface area contributed by atoms with E-state index in [-0.39, 0.29) is 16.6 Å². The Kier molecular flexibility index (Phi) is 4.52. The minimum absolute atomic E-state index is 0.0110. The number of benzene rings is 1. The molecule has 1 aliphatic rings. The van der Waals surface area contributed by atoms with Gasteiger partial charge in [0.15, 0.2) is 11.5 Å². The first-order valence-corrected chi connectivity index (χ1v) is 7.96. The highest BCUT2D eigenvalue weighted by molar-refractivity contribution is 5.53. The highest BCUT2D eigenvalue weighted by atomic mass is 16.5. The lowest BCUT2D eigenvalue weighted by Crippen LogP contribution is -2.37. The van der Waals surface area contributed by atoms with Crippen LogP contribution in [0.1, 0.15) is 64.0 Å². The van der Waals surface area contributed by atoms with Gasteiger partial charge in [-0.1, -0.05) is 46.1 Å². The number of phenolic OH excluding ortho intramolecular Hbond substituents is 1. The standard InChI is InChI=1S/C18H29NO2/c1-17(2,3)13-10-14(16(21-4)15(20)11-13)18(12-19)8-6-5-7-9-18/h10-11,20H,5-9,12,19H2,1-4H3. The van der Waals surface area contributed by atoms with E-state index < -0.39 is 0 Å². The van der Waals surface area contributed by atoms with Gasteiger partial charge in [-0.3, -0.25) is 0 Å². The Hall–Kier alpha value is -1.22. The van der Waals surface area contributed by atoms with E-state index in [0.29, 0.717) is 12.3 Å². The van der Waals surface area contributed by atoms with Gasteiger partial charge in [0.25, 0.3) is 0 Å². The number of aromatic hydroxyl groups is 1. The molecule has 0 heterocycles. The van der Waals surface area contributed by atoms with E-state index in [2.05, 4.69) is 26.8 Å². The molecule has 3 nitrogen and oxygen atoms in total. The maximum atomic E-state index is 10.4. The molecule has 118 valence electrons. The van der Waals surface area contributed by atoms with Crippen molar-refractivity contribution in [1.82, 2.24) is 0 Å². The number of nitrogens with two attached hydrogens (primary N) is 1. The van der Waals surface area contributed by atoms with Crippen LogP contribution in [0.5, 0.6) is 11.5 Å². The molecule has 0 aromatic heterocycles. The van der Waals surface area contributed by atoms with E-state index in [1.54, 1.807) is 7.11 Å². The monoisotopic (exact) mass is 291 g/mol. The topological polar surface area (TPSA) is 55.5 Å². The number of phenols is 1. The highest BCUT2D eigenvalue weighted by Gasteiger charge is 2.37. The molecule has 1 aliphatic carbocycles. The predicted octanol–water partition coefficient (Wildman–Crippen LogP) is 3.86. The van der Waals surface area contributed by atoms with Gasteiger partial charge in [-0.15, -0.1) is 0 Å². The van der Waals surface area contributed by atoms with E-state index in [1.807, 2.05) is 6.07 Å². The zero-order valence-corrected chi connectivity index (χ0v) is 13.8. The summed E-state index contributed by atoms with van der Waals surface area (Å²) in [5.41, 5.74) is 8.33. The van der Waals surface area contributed by atoms with Crippen LogP contribution in [0.3, 0.4) is 0 Å². The summed E-state index contributed by atoms with van der Waals surface area (Å²) in [6, 6.07) is 4.03. The fraction of sp³-hybridized carbons (Fsp3) is 0.667. The lowest BCUT2D eigenvalue weighted by molar-refractivity contribution is 0.282. The van der Waals surface area contributed by atoms with Crippen molar-refractivity contribution in [3.05, 3.63) is 23.3 Å². The minimum Gasteiger partial charge on any atom is -0.504 e. The largest absolute Gasteiger partial charge is 0.504 e. The molecule has 1 aromatic carbocycles. The van der Waals surface area contributed by atoms with Crippen molar-refractivity contribution in [2.45, 2.75) is 63.7 Å². The normalized spacial score (nSPS) is 18.5. The Balaban J connectivity index is 2.61. The molecule has 0 aliphatic heterocycles. The van der Waals surface area contributed by atoms with Gasteiger partial charge in [0, 0.05) is 17.5 Å². The first-order chi connectivity index (χ1) is 9.84. The molecule has 1 fully saturated rings. The maximum absolute atomic E-state index is 10.4. The second-order valence-corrected chi connectivity index (χ2v) is 7.37. The molecule has 0 spiro atoms. The van der Waals surface area contributed by atoms with Crippen LogP contribution < -0.4 is 10.5 Å². The second kappa shape index (κ2) is 5.88. The van der Waals surface area contributed by atoms with Gasteiger partial charge >= 0.3 is 0 Å². The van der Waals surface area contributed by atoms with Gasteiger partial charge in [0.05, 0.1) is 7.11 Å². The average molecular weight is 291 g/mol. The maximum Gasteiger partial charge on any atom is 0.164 e. The lowest BCUT2D eigenvalue weighted by atomic mass is 9.68. The van der Waals surface area contributed by atoms with Crippen molar-refractivity contribution in [2.24, 2.45) is 5.73 Å². The first kappa shape index (κ1) is 16.2. The van der Waals surface area contributed by atoms with Crippen LogP contribution in [0.25, 0.3) is 0 Å². The Morgan fingerprint density at radius 2 is 1.81 bits per heavy atom. The molecular formula is C18H29NO2. The van der Waals surface area contributed by atoms with Crippen molar-refractivity contribution in [2.75, 3.05) is 13.7 Å². The van der Waals surface area contributed by atoms with Gasteiger partial charge in [-0.05, 0) is 29.9 Å². The highest BCUT2D eigenvalue weighted by Crippen LogP contribution is 2.47. The van der Waals surface area contributed by atoms with Gasteiger partial charge in [-0.2, -0.15) is 0 Å². The van der Waals surface area contributed by atoms with Gasteiger partial charge in [0.2, 0.25) is 0 Å². The molecule has 2 rings (SSSR count). The van der Waals surface area contributed by atoms with Crippen LogP contribution in [0, 0.1) is 0 Å². The molecule has 3 heteroatoms. The SMILES string of the molecule is COc1c(O)cc(C(C)(C)C)cc1C1(CN)CCCCC1. The fourth-order valence-electron chi connectivity index (χ4n) is 3.47. The smallest absolute Gasteiger partial charge is 0.164 e. The van der Waals surface area contributed by atoms with Crippen molar-refractivity contribution in [3.63, 3.8) is 0 Å². The Morgan fingerprint density at radius 3 is 2.29 bits per heavy atom. The molecule has 0 atom stereocenters. The zero-order valence-electron chi connectivity index (χ0n) is 13.8. The third-order valence-electron chi connectivity index (χ3n) is 4.91. The number of hydrogen-bond acceptors (Lipinski definition) is 3. The summed E-state index contributed by atoms with van der Waals surface area (Å²) in [6.07, 6.45) is 5.82. The van der Waals surface area contributed by atoms with Crippen LogP contribution in [-0.2, 0) is 10.8 Å². The molecule has 21 heavy (non-hydrogen) atoms. The summed E-state index contributed by atoms with van der Waals surface area (Å²) >= 11 is 0. The zero-order chi connectivity index (χ0) is 15.7. The van der Waals surface area contributed by atoms with Crippen molar-refractivity contribution >= 4 is 0 Å². The number of hydrogen-bond donors (Lipinski definition) is 2. The third-order valence-corrected chi connectivity index (χ3v) is 4.91. The van der Waals surface area contributed by atoms with Crippen LogP contribution in [0.15, 0.2) is 12.1 Å². The predicted molar refractivity (Wildman–Crippen MR) is 87.2 cm³/mol. The van der Waals surface area contributed by atoms with Gasteiger partial charge < -0.3 is 15.6 Å². The van der Waals surface area contributed by atoms with Crippen LogP contribution in [-0.4, -0.2) is 18.8 Å². The van der Waals surface area contributed by atoms with Crippen LogP contribution in [0.2, 0.25) is 0 Å². The Morgan fingerprint density at radius 1 is 1.19 bits per heavy atom. The molecule has 0 unspecified atom stereocenters. The minimum atomic E-state index is -0.0532. The molecule has 0 saturated heterocycles. The molecular weight excluding hydrogens is 262 g/mol. The summed E-state index contributed by atoms with van der Waals surface area (Å²) in [5, 5.41) is 10.4. The number of methoxy groups -OCH3 is 1. The number of rotatable bonds is 3. The summed E-state index contributed by atoms with van der Waals surface area (Å²) < 4.78 is 5.52. The summed E-state index contributed by atoms with van der Waals surface area (Å²) in [6.45, 7) is 7.09. The van der Waals surface area contributed by atoms with Crippen molar-refractivity contribution in [3.8, 4) is 11.5 Å².